The fraction of sp³-hybridized carbons (Fsp3) is 0.0588. The molecular weight excluding hydrogens is 282 g/mol. The Labute approximate surface area is 126 Å². The van der Waals surface area contributed by atoms with Crippen molar-refractivity contribution in [2.24, 2.45) is 0 Å². The normalized spacial score (nSPS) is 10.7. The molecule has 1 N–H and O–H groups in total. The maximum atomic E-state index is 11.2. The van der Waals surface area contributed by atoms with Gasteiger partial charge in [-0.05, 0) is 29.8 Å². The van der Waals surface area contributed by atoms with Gasteiger partial charge in [-0.25, -0.2) is 4.79 Å². The molecule has 0 unspecified atom stereocenters. The lowest BCUT2D eigenvalue weighted by Crippen LogP contribution is -1.98. The van der Waals surface area contributed by atoms with E-state index in [-0.39, 0.29) is 0 Å². The Morgan fingerprint density at radius 3 is 2.67 bits per heavy atom. The minimum Gasteiger partial charge on any atom is -0.478 e. The lowest BCUT2D eigenvalue weighted by molar-refractivity contribution is 0.0693. The van der Waals surface area contributed by atoms with E-state index in [1.807, 2.05) is 42.5 Å². The van der Waals surface area contributed by atoms with E-state index in [4.69, 9.17) is 0 Å². The van der Waals surface area contributed by atoms with Crippen molar-refractivity contribution in [3.05, 3.63) is 71.9 Å². The van der Waals surface area contributed by atoms with Crippen molar-refractivity contribution in [3.63, 3.8) is 0 Å². The third-order valence-corrected chi connectivity index (χ3v) is 4.36. The van der Waals surface area contributed by atoms with Gasteiger partial charge in [0.1, 0.15) is 0 Å². The number of benzene rings is 2. The van der Waals surface area contributed by atoms with Crippen LogP contribution in [0.15, 0.2) is 65.7 Å². The Kier molecular flexibility index (Phi) is 3.88. The smallest absolute Gasteiger partial charge is 0.336 e. The number of aromatic carboxylic acids is 1. The van der Waals surface area contributed by atoms with Gasteiger partial charge in [0.15, 0.2) is 0 Å². The second-order valence-corrected chi connectivity index (χ2v) is 5.59. The molecule has 3 rings (SSSR count). The van der Waals surface area contributed by atoms with Gasteiger partial charge in [0.05, 0.1) is 11.1 Å². The van der Waals surface area contributed by atoms with Crippen molar-refractivity contribution in [2.75, 3.05) is 0 Å². The Morgan fingerprint density at radius 1 is 1.05 bits per heavy atom. The standard InChI is InChI=1S/C17H13NO2S/c19-17(20)14-6-2-4-8-16(14)21-11-12-9-10-18-15-7-3-1-5-13(12)15/h1-10H,11H2,(H,19,20). The second-order valence-electron chi connectivity index (χ2n) is 4.58. The van der Waals surface area contributed by atoms with Crippen LogP contribution >= 0.6 is 11.8 Å². The van der Waals surface area contributed by atoms with Gasteiger partial charge in [0.2, 0.25) is 0 Å². The van der Waals surface area contributed by atoms with Gasteiger partial charge in [-0.15, -0.1) is 11.8 Å². The summed E-state index contributed by atoms with van der Waals surface area (Å²) < 4.78 is 0. The molecule has 0 spiro atoms. The first-order valence-corrected chi connectivity index (χ1v) is 7.52. The molecule has 2 aromatic carbocycles. The van der Waals surface area contributed by atoms with Gasteiger partial charge in [-0.3, -0.25) is 4.98 Å². The highest BCUT2D eigenvalue weighted by Crippen LogP contribution is 2.28. The van der Waals surface area contributed by atoms with Gasteiger partial charge in [0, 0.05) is 22.2 Å². The van der Waals surface area contributed by atoms with Crippen LogP contribution in [0, 0.1) is 0 Å². The number of rotatable bonds is 4. The predicted octanol–water partition coefficient (Wildman–Crippen LogP) is 4.23. The molecule has 1 aromatic heterocycles. The number of carboxylic acid groups (broad SMARTS) is 1. The first kappa shape index (κ1) is 13.6. The Bertz CT molecular complexity index is 796. The Morgan fingerprint density at radius 2 is 1.81 bits per heavy atom. The molecule has 3 nitrogen and oxygen atoms in total. The van der Waals surface area contributed by atoms with Gasteiger partial charge in [0.25, 0.3) is 0 Å². The van der Waals surface area contributed by atoms with E-state index in [1.165, 1.54) is 11.8 Å². The van der Waals surface area contributed by atoms with Crippen LogP contribution in [0.1, 0.15) is 15.9 Å². The van der Waals surface area contributed by atoms with E-state index in [0.29, 0.717) is 11.3 Å². The van der Waals surface area contributed by atoms with E-state index in [9.17, 15) is 9.90 Å². The molecule has 0 radical (unpaired) electrons. The lowest BCUT2D eigenvalue weighted by Gasteiger charge is -2.08. The molecule has 0 aliphatic heterocycles. The quantitative estimate of drug-likeness (QED) is 0.732. The topological polar surface area (TPSA) is 50.2 Å². The zero-order chi connectivity index (χ0) is 14.7. The van der Waals surface area contributed by atoms with Gasteiger partial charge >= 0.3 is 5.97 Å². The number of hydrogen-bond acceptors (Lipinski definition) is 3. The van der Waals surface area contributed by atoms with Gasteiger partial charge < -0.3 is 5.11 Å². The predicted molar refractivity (Wildman–Crippen MR) is 84.7 cm³/mol. The van der Waals surface area contributed by atoms with Crippen molar-refractivity contribution >= 4 is 28.6 Å². The van der Waals surface area contributed by atoms with Crippen LogP contribution in [0.4, 0.5) is 0 Å². The summed E-state index contributed by atoms with van der Waals surface area (Å²) in [5.74, 6) is -0.175. The first-order chi connectivity index (χ1) is 10.3. The second kappa shape index (κ2) is 5.97. The van der Waals surface area contributed by atoms with Crippen molar-refractivity contribution in [1.82, 2.24) is 4.98 Å². The molecule has 0 aliphatic carbocycles. The molecule has 0 saturated heterocycles. The van der Waals surface area contributed by atoms with Crippen LogP contribution in [0.3, 0.4) is 0 Å². The summed E-state index contributed by atoms with van der Waals surface area (Å²) in [6.45, 7) is 0. The Hall–Kier alpha value is -2.33. The molecule has 0 atom stereocenters. The summed E-state index contributed by atoms with van der Waals surface area (Å²) in [6.07, 6.45) is 1.79. The molecule has 4 heteroatoms. The monoisotopic (exact) mass is 295 g/mol. The van der Waals surface area contributed by atoms with Crippen molar-refractivity contribution in [1.29, 1.82) is 0 Å². The summed E-state index contributed by atoms with van der Waals surface area (Å²) in [7, 11) is 0. The number of aromatic nitrogens is 1. The third kappa shape index (κ3) is 2.90. The molecule has 0 amide bonds. The third-order valence-electron chi connectivity index (χ3n) is 3.24. The molecule has 0 saturated carbocycles. The fourth-order valence-electron chi connectivity index (χ4n) is 2.21. The van der Waals surface area contributed by atoms with Gasteiger partial charge in [-0.1, -0.05) is 30.3 Å². The number of para-hydroxylation sites is 1. The van der Waals surface area contributed by atoms with Crippen LogP contribution in [0.25, 0.3) is 10.9 Å². The van der Waals surface area contributed by atoms with Crippen molar-refractivity contribution in [2.45, 2.75) is 10.6 Å². The highest BCUT2D eigenvalue weighted by Gasteiger charge is 2.10. The van der Waals surface area contributed by atoms with E-state index >= 15 is 0 Å². The number of thioether (sulfide) groups is 1. The van der Waals surface area contributed by atoms with E-state index in [0.717, 1.165) is 21.4 Å². The average molecular weight is 295 g/mol. The maximum Gasteiger partial charge on any atom is 0.336 e. The van der Waals surface area contributed by atoms with Gasteiger partial charge in [-0.2, -0.15) is 0 Å². The highest BCUT2D eigenvalue weighted by molar-refractivity contribution is 7.98. The number of nitrogens with zero attached hydrogens (tertiary/aromatic N) is 1. The summed E-state index contributed by atoms with van der Waals surface area (Å²) in [5, 5.41) is 10.3. The van der Waals surface area contributed by atoms with Crippen molar-refractivity contribution in [3.8, 4) is 0 Å². The molecule has 104 valence electrons. The summed E-state index contributed by atoms with van der Waals surface area (Å²) in [4.78, 5) is 16.3. The van der Waals surface area contributed by atoms with E-state index in [1.54, 1.807) is 18.3 Å². The summed E-state index contributed by atoms with van der Waals surface area (Å²) >= 11 is 1.53. The zero-order valence-corrected chi connectivity index (χ0v) is 12.0. The molecule has 3 aromatic rings. The number of hydrogen-bond donors (Lipinski definition) is 1. The minimum absolute atomic E-state index is 0.348. The largest absolute Gasteiger partial charge is 0.478 e. The van der Waals surface area contributed by atoms with Crippen molar-refractivity contribution < 1.29 is 9.90 Å². The van der Waals surface area contributed by atoms with Crippen LogP contribution in [0.5, 0.6) is 0 Å². The van der Waals surface area contributed by atoms with Crippen LogP contribution in [-0.4, -0.2) is 16.1 Å². The van der Waals surface area contributed by atoms with Crippen LogP contribution < -0.4 is 0 Å². The number of fused-ring (bicyclic) bond motifs is 1. The molecule has 0 bridgehead atoms. The summed E-state index contributed by atoms with van der Waals surface area (Å²) in [6, 6.07) is 17.0. The summed E-state index contributed by atoms with van der Waals surface area (Å²) in [5.41, 5.74) is 2.47. The molecule has 1 heterocycles. The van der Waals surface area contributed by atoms with Crippen LogP contribution in [-0.2, 0) is 5.75 Å². The zero-order valence-electron chi connectivity index (χ0n) is 11.2. The fourth-order valence-corrected chi connectivity index (χ4v) is 3.25. The average Bonchev–Trinajstić information content (AvgIpc) is 2.53. The molecule has 0 fully saturated rings. The van der Waals surface area contributed by atoms with E-state index in [2.05, 4.69) is 4.98 Å². The van der Waals surface area contributed by atoms with Crippen LogP contribution in [0.2, 0.25) is 0 Å². The molecule has 0 aliphatic rings. The Balaban J connectivity index is 1.89. The molecule has 21 heavy (non-hydrogen) atoms. The number of pyridine rings is 1. The SMILES string of the molecule is O=C(O)c1ccccc1SCc1ccnc2ccccc12. The number of carbonyl (C=O) groups is 1. The highest BCUT2D eigenvalue weighted by atomic mass is 32.2. The first-order valence-electron chi connectivity index (χ1n) is 6.53. The molecular formula is C17H13NO2S. The lowest BCUT2D eigenvalue weighted by atomic mass is 10.1. The number of carboxylic acids is 1. The van der Waals surface area contributed by atoms with E-state index < -0.39 is 5.97 Å². The maximum absolute atomic E-state index is 11.2. The minimum atomic E-state index is -0.891.